The van der Waals surface area contributed by atoms with Crippen LogP contribution in [0.15, 0.2) is 0 Å². The van der Waals surface area contributed by atoms with Gasteiger partial charge in [0.2, 0.25) is 0 Å². The summed E-state index contributed by atoms with van der Waals surface area (Å²) in [6, 6.07) is 0.417. The van der Waals surface area contributed by atoms with Crippen LogP contribution in [-0.2, 0) is 9.47 Å². The molecule has 0 aromatic rings. The Hall–Kier alpha value is -0.850. The summed E-state index contributed by atoms with van der Waals surface area (Å²) in [4.78, 5) is 16.8. The Kier molecular flexibility index (Phi) is 6.68. The Labute approximate surface area is 140 Å². The van der Waals surface area contributed by atoms with E-state index in [1.54, 1.807) is 0 Å². The fourth-order valence-electron chi connectivity index (χ4n) is 3.36. The molecule has 2 heterocycles. The second kappa shape index (κ2) is 8.31. The number of hydrogen-bond acceptors (Lipinski definition) is 4. The van der Waals surface area contributed by atoms with Crippen LogP contribution in [0.3, 0.4) is 0 Å². The summed E-state index contributed by atoms with van der Waals surface area (Å²) in [5.74, 6) is 0.613. The van der Waals surface area contributed by atoms with E-state index in [1.165, 1.54) is 0 Å². The zero-order valence-corrected chi connectivity index (χ0v) is 15.1. The van der Waals surface area contributed by atoms with E-state index in [4.69, 9.17) is 9.47 Å². The summed E-state index contributed by atoms with van der Waals surface area (Å²) < 4.78 is 11.1. The van der Waals surface area contributed by atoms with Crippen molar-refractivity contribution in [2.75, 3.05) is 52.5 Å². The minimum Gasteiger partial charge on any atom is -0.379 e. The highest BCUT2D eigenvalue weighted by molar-refractivity contribution is 5.74. The first-order chi connectivity index (χ1) is 10.9. The number of amides is 2. The molecule has 2 aliphatic heterocycles. The van der Waals surface area contributed by atoms with Crippen LogP contribution in [0.4, 0.5) is 4.79 Å². The molecule has 0 aliphatic carbocycles. The van der Waals surface area contributed by atoms with Gasteiger partial charge >= 0.3 is 6.03 Å². The Bertz CT molecular complexity index is 381. The van der Waals surface area contributed by atoms with Gasteiger partial charge in [-0.05, 0) is 26.2 Å². The van der Waals surface area contributed by atoms with Gasteiger partial charge in [-0.1, -0.05) is 13.8 Å². The molecule has 6 nitrogen and oxygen atoms in total. The average molecular weight is 327 g/mol. The smallest absolute Gasteiger partial charge is 0.317 e. The van der Waals surface area contributed by atoms with Crippen molar-refractivity contribution in [3.63, 3.8) is 0 Å². The van der Waals surface area contributed by atoms with E-state index >= 15 is 0 Å². The maximum Gasteiger partial charge on any atom is 0.317 e. The molecule has 1 unspecified atom stereocenters. The molecule has 2 fully saturated rings. The molecule has 0 spiro atoms. The van der Waals surface area contributed by atoms with E-state index in [1.807, 2.05) is 18.7 Å². The van der Waals surface area contributed by atoms with Gasteiger partial charge in [0.1, 0.15) is 0 Å². The Morgan fingerprint density at radius 3 is 2.48 bits per heavy atom. The van der Waals surface area contributed by atoms with E-state index in [0.717, 1.165) is 32.7 Å². The van der Waals surface area contributed by atoms with E-state index in [0.29, 0.717) is 38.2 Å². The molecule has 0 saturated carbocycles. The number of nitrogens with zero attached hydrogens (tertiary/aromatic N) is 2. The number of carbonyl (C=O) groups is 1. The molecule has 1 atom stereocenters. The Balaban J connectivity index is 1.85. The van der Waals surface area contributed by atoms with Crippen LogP contribution in [0, 0.1) is 5.92 Å². The van der Waals surface area contributed by atoms with Crippen LogP contribution in [-0.4, -0.2) is 80.0 Å². The third-order valence-corrected chi connectivity index (χ3v) is 4.51. The lowest BCUT2D eigenvalue weighted by atomic mass is 10.0. The first-order valence-corrected chi connectivity index (χ1v) is 8.86. The van der Waals surface area contributed by atoms with Crippen LogP contribution in [0.25, 0.3) is 0 Å². The summed E-state index contributed by atoms with van der Waals surface area (Å²) in [7, 11) is 0. The predicted molar refractivity (Wildman–Crippen MR) is 90.6 cm³/mol. The predicted octanol–water partition coefficient (Wildman–Crippen LogP) is 1.55. The molecule has 2 amide bonds. The van der Waals surface area contributed by atoms with Crippen LogP contribution in [0.1, 0.15) is 34.1 Å². The van der Waals surface area contributed by atoms with E-state index in [-0.39, 0.29) is 11.6 Å². The van der Waals surface area contributed by atoms with E-state index < -0.39 is 0 Å². The SMILES string of the molecule is CC(C)CC(CNC(=O)N1CCOC(C)(C)C1)N1CCOCC1. The molecule has 0 aromatic heterocycles. The van der Waals surface area contributed by atoms with Crippen molar-refractivity contribution in [3.05, 3.63) is 0 Å². The highest BCUT2D eigenvalue weighted by Crippen LogP contribution is 2.17. The van der Waals surface area contributed by atoms with Crippen molar-refractivity contribution in [1.29, 1.82) is 0 Å². The molecular weight excluding hydrogens is 294 g/mol. The molecule has 23 heavy (non-hydrogen) atoms. The summed E-state index contributed by atoms with van der Waals surface area (Å²) in [5, 5.41) is 3.14. The van der Waals surface area contributed by atoms with Gasteiger partial charge in [-0.15, -0.1) is 0 Å². The Morgan fingerprint density at radius 1 is 1.17 bits per heavy atom. The number of rotatable bonds is 5. The normalized spacial score (nSPS) is 23.8. The number of ether oxygens (including phenoxy) is 2. The van der Waals surface area contributed by atoms with Gasteiger partial charge in [0.25, 0.3) is 0 Å². The molecule has 2 saturated heterocycles. The molecule has 0 radical (unpaired) electrons. The van der Waals surface area contributed by atoms with Crippen molar-refractivity contribution < 1.29 is 14.3 Å². The van der Waals surface area contributed by atoms with Crippen molar-refractivity contribution in [2.45, 2.75) is 45.8 Å². The third-order valence-electron chi connectivity index (χ3n) is 4.51. The summed E-state index contributed by atoms with van der Waals surface area (Å²) in [6.07, 6.45) is 1.09. The highest BCUT2D eigenvalue weighted by Gasteiger charge is 2.30. The standard InChI is InChI=1S/C17H33N3O3/c1-14(2)11-15(19-5-8-22-9-6-19)12-18-16(21)20-7-10-23-17(3,4)13-20/h14-15H,5-13H2,1-4H3,(H,18,21). The number of hydrogen-bond donors (Lipinski definition) is 1. The monoisotopic (exact) mass is 327 g/mol. The first kappa shape index (κ1) is 18.5. The molecule has 1 N–H and O–H groups in total. The molecule has 134 valence electrons. The van der Waals surface area contributed by atoms with Gasteiger partial charge in [-0.3, -0.25) is 4.90 Å². The van der Waals surface area contributed by atoms with Crippen LogP contribution in [0.2, 0.25) is 0 Å². The lowest BCUT2D eigenvalue weighted by Gasteiger charge is -2.39. The van der Waals surface area contributed by atoms with Crippen molar-refractivity contribution in [2.24, 2.45) is 5.92 Å². The summed E-state index contributed by atoms with van der Waals surface area (Å²) >= 11 is 0. The molecule has 6 heteroatoms. The number of carbonyl (C=O) groups excluding carboxylic acids is 1. The average Bonchev–Trinajstić information content (AvgIpc) is 2.50. The van der Waals surface area contributed by atoms with Crippen molar-refractivity contribution >= 4 is 6.03 Å². The minimum absolute atomic E-state index is 0.0309. The van der Waals surface area contributed by atoms with Crippen LogP contribution < -0.4 is 5.32 Å². The lowest BCUT2D eigenvalue weighted by molar-refractivity contribution is -0.0735. The second-order valence-electron chi connectivity index (χ2n) is 7.65. The molecule has 2 aliphatic rings. The third kappa shape index (κ3) is 5.94. The van der Waals surface area contributed by atoms with Crippen LogP contribution in [0.5, 0.6) is 0 Å². The maximum absolute atomic E-state index is 12.5. The van der Waals surface area contributed by atoms with E-state index in [9.17, 15) is 4.79 Å². The molecule has 0 bridgehead atoms. The topological polar surface area (TPSA) is 54.0 Å². The summed E-state index contributed by atoms with van der Waals surface area (Å²) in [5.41, 5.74) is -0.253. The van der Waals surface area contributed by atoms with Gasteiger partial charge in [-0.2, -0.15) is 0 Å². The number of nitrogens with one attached hydrogen (secondary N) is 1. The van der Waals surface area contributed by atoms with Crippen molar-refractivity contribution in [1.82, 2.24) is 15.1 Å². The van der Waals surface area contributed by atoms with Gasteiger partial charge in [0, 0.05) is 32.2 Å². The van der Waals surface area contributed by atoms with Crippen LogP contribution >= 0.6 is 0 Å². The van der Waals surface area contributed by atoms with Gasteiger partial charge in [-0.25, -0.2) is 4.79 Å². The number of morpholine rings is 2. The lowest BCUT2D eigenvalue weighted by Crippen LogP contribution is -2.56. The molecule has 2 rings (SSSR count). The maximum atomic E-state index is 12.5. The van der Waals surface area contributed by atoms with Crippen molar-refractivity contribution in [3.8, 4) is 0 Å². The number of urea groups is 1. The zero-order chi connectivity index (χ0) is 16.9. The Morgan fingerprint density at radius 2 is 1.87 bits per heavy atom. The first-order valence-electron chi connectivity index (χ1n) is 8.86. The fraction of sp³-hybridized carbons (Fsp3) is 0.941. The quantitative estimate of drug-likeness (QED) is 0.832. The summed E-state index contributed by atoms with van der Waals surface area (Å²) in [6.45, 7) is 14.7. The van der Waals surface area contributed by atoms with Gasteiger partial charge < -0.3 is 19.7 Å². The fourth-order valence-corrected chi connectivity index (χ4v) is 3.36. The zero-order valence-electron chi connectivity index (χ0n) is 15.1. The minimum atomic E-state index is -0.253. The largest absolute Gasteiger partial charge is 0.379 e. The molecular formula is C17H33N3O3. The van der Waals surface area contributed by atoms with Gasteiger partial charge in [0.05, 0.1) is 32.0 Å². The second-order valence-corrected chi connectivity index (χ2v) is 7.65. The van der Waals surface area contributed by atoms with Gasteiger partial charge in [0.15, 0.2) is 0 Å². The molecule has 0 aromatic carbocycles. The highest BCUT2D eigenvalue weighted by atomic mass is 16.5. The van der Waals surface area contributed by atoms with E-state index in [2.05, 4.69) is 24.1 Å².